The summed E-state index contributed by atoms with van der Waals surface area (Å²) >= 11 is 1.94. The van der Waals surface area contributed by atoms with Crippen molar-refractivity contribution in [3.05, 3.63) is 24.3 Å². The number of rotatable bonds is 2. The molecule has 3 heteroatoms. The summed E-state index contributed by atoms with van der Waals surface area (Å²) < 4.78 is 0. The molecule has 0 aromatic heterocycles. The average Bonchev–Trinajstić information content (AvgIpc) is 2.30. The minimum absolute atomic E-state index is 0.381. The second-order valence-corrected chi connectivity index (χ2v) is 6.10. The molecule has 3 heterocycles. The number of phenolic OH excluding ortho intramolecular Hbond substituents is 1. The molecule has 1 N–H and O–H groups in total. The van der Waals surface area contributed by atoms with Crippen LogP contribution in [0.3, 0.4) is 0 Å². The lowest BCUT2D eigenvalue weighted by molar-refractivity contribution is 0.118. The lowest BCUT2D eigenvalue weighted by Crippen LogP contribution is -2.48. The number of fused-ring (bicyclic) bond motifs is 3. The molecule has 2 bridgehead atoms. The van der Waals surface area contributed by atoms with Crippen molar-refractivity contribution < 1.29 is 5.11 Å². The first-order valence-corrected chi connectivity index (χ1v) is 6.87. The fraction of sp³-hybridized carbons (Fsp3) is 0.538. The molecule has 1 atom stereocenters. The average molecular weight is 235 g/mol. The van der Waals surface area contributed by atoms with E-state index in [1.54, 1.807) is 6.07 Å². The maximum atomic E-state index is 9.45. The fourth-order valence-electron chi connectivity index (χ4n) is 2.78. The number of hydrogen-bond donors (Lipinski definition) is 1. The highest BCUT2D eigenvalue weighted by Gasteiger charge is 2.34. The Kier molecular flexibility index (Phi) is 2.82. The van der Waals surface area contributed by atoms with Gasteiger partial charge in [0, 0.05) is 16.7 Å². The van der Waals surface area contributed by atoms with E-state index in [0.717, 1.165) is 11.2 Å². The zero-order valence-electron chi connectivity index (χ0n) is 9.30. The summed E-state index contributed by atoms with van der Waals surface area (Å²) in [5.74, 6) is 1.27. The van der Waals surface area contributed by atoms with Gasteiger partial charge < -0.3 is 10.0 Å². The maximum absolute atomic E-state index is 9.45. The summed E-state index contributed by atoms with van der Waals surface area (Å²) in [4.78, 5) is 3.78. The van der Waals surface area contributed by atoms with E-state index in [1.165, 1.54) is 37.4 Å². The van der Waals surface area contributed by atoms with Crippen LogP contribution in [0.15, 0.2) is 29.2 Å². The van der Waals surface area contributed by atoms with Crippen LogP contribution in [0.4, 0.5) is 0 Å². The third-order valence-corrected chi connectivity index (χ3v) is 5.06. The smallest absolute Gasteiger partial charge is 0.116 e. The zero-order valence-corrected chi connectivity index (χ0v) is 10.1. The van der Waals surface area contributed by atoms with Crippen LogP contribution >= 0.6 is 11.8 Å². The number of nitrogens with zero attached hydrogens (tertiary/aromatic N) is 1. The summed E-state index contributed by atoms with van der Waals surface area (Å²) in [6.07, 6.45) is 2.72. The molecule has 3 aliphatic rings. The van der Waals surface area contributed by atoms with E-state index < -0.39 is 0 Å². The second kappa shape index (κ2) is 4.30. The van der Waals surface area contributed by atoms with Crippen LogP contribution in [0.5, 0.6) is 5.75 Å². The minimum atomic E-state index is 0.381. The number of benzene rings is 1. The molecule has 0 aliphatic carbocycles. The van der Waals surface area contributed by atoms with Crippen molar-refractivity contribution in [3.63, 3.8) is 0 Å². The number of phenols is 1. The molecule has 0 spiro atoms. The Morgan fingerprint density at radius 3 is 2.69 bits per heavy atom. The van der Waals surface area contributed by atoms with Crippen LogP contribution in [0.25, 0.3) is 0 Å². The molecule has 1 aromatic carbocycles. The Bertz CT molecular complexity index is 374. The van der Waals surface area contributed by atoms with E-state index in [-0.39, 0.29) is 0 Å². The van der Waals surface area contributed by atoms with Gasteiger partial charge in [-0.1, -0.05) is 6.07 Å². The molecular weight excluding hydrogens is 218 g/mol. The summed E-state index contributed by atoms with van der Waals surface area (Å²) in [6.45, 7) is 3.81. The monoisotopic (exact) mass is 235 g/mol. The van der Waals surface area contributed by atoms with Gasteiger partial charge in [0.1, 0.15) is 5.75 Å². The molecule has 3 aliphatic heterocycles. The predicted molar refractivity (Wildman–Crippen MR) is 66.9 cm³/mol. The first-order valence-electron chi connectivity index (χ1n) is 5.99. The summed E-state index contributed by atoms with van der Waals surface area (Å²) in [5, 5.41) is 10.2. The van der Waals surface area contributed by atoms with Crippen LogP contribution < -0.4 is 0 Å². The first-order chi connectivity index (χ1) is 7.81. The van der Waals surface area contributed by atoms with Crippen LogP contribution in [0.1, 0.15) is 12.8 Å². The van der Waals surface area contributed by atoms with Crippen LogP contribution in [-0.2, 0) is 0 Å². The molecule has 0 radical (unpaired) electrons. The maximum Gasteiger partial charge on any atom is 0.116 e. The number of hydrogen-bond acceptors (Lipinski definition) is 3. The lowest BCUT2D eigenvalue weighted by atomic mass is 9.88. The normalized spacial score (nSPS) is 32.9. The Balaban J connectivity index is 1.71. The third kappa shape index (κ3) is 2.06. The highest BCUT2D eigenvalue weighted by atomic mass is 32.2. The van der Waals surface area contributed by atoms with Crippen molar-refractivity contribution in [3.8, 4) is 5.75 Å². The van der Waals surface area contributed by atoms with Gasteiger partial charge in [-0.15, -0.1) is 11.8 Å². The molecule has 3 saturated heterocycles. The van der Waals surface area contributed by atoms with E-state index in [0.29, 0.717) is 5.75 Å². The van der Waals surface area contributed by atoms with E-state index in [1.807, 2.05) is 23.9 Å². The Hall–Kier alpha value is -0.670. The standard InChI is InChI=1S/C13H17NOS/c15-11-2-1-3-12(8-11)16-13-9-14-6-4-10(13)5-7-14/h1-3,8,10,13,15H,4-7,9H2/t13-/m0/s1. The van der Waals surface area contributed by atoms with Gasteiger partial charge >= 0.3 is 0 Å². The van der Waals surface area contributed by atoms with Crippen LogP contribution in [0.2, 0.25) is 0 Å². The summed E-state index contributed by atoms with van der Waals surface area (Å²) in [5.41, 5.74) is 0. The number of piperidine rings is 3. The van der Waals surface area contributed by atoms with Gasteiger partial charge in [0.15, 0.2) is 0 Å². The molecule has 3 fully saturated rings. The first kappa shape index (κ1) is 10.5. The van der Waals surface area contributed by atoms with Gasteiger partial charge in [0.2, 0.25) is 0 Å². The second-order valence-electron chi connectivity index (χ2n) is 4.79. The predicted octanol–water partition coefficient (Wildman–Crippen LogP) is 2.58. The van der Waals surface area contributed by atoms with Crippen LogP contribution in [0, 0.1) is 5.92 Å². The molecule has 0 amide bonds. The van der Waals surface area contributed by atoms with Gasteiger partial charge in [-0.25, -0.2) is 0 Å². The SMILES string of the molecule is Oc1cccc(S[C@H]2CN3CCC2CC3)c1. The minimum Gasteiger partial charge on any atom is -0.508 e. The third-order valence-electron chi connectivity index (χ3n) is 3.70. The van der Waals surface area contributed by atoms with E-state index in [4.69, 9.17) is 0 Å². The Morgan fingerprint density at radius 2 is 2.06 bits per heavy atom. The van der Waals surface area contributed by atoms with Crippen LogP contribution in [-0.4, -0.2) is 34.9 Å². The van der Waals surface area contributed by atoms with E-state index >= 15 is 0 Å². The van der Waals surface area contributed by atoms with Gasteiger partial charge in [0.25, 0.3) is 0 Å². The van der Waals surface area contributed by atoms with E-state index in [9.17, 15) is 5.11 Å². The molecular formula is C13H17NOS. The molecule has 86 valence electrons. The van der Waals surface area contributed by atoms with Crippen molar-refractivity contribution in [1.29, 1.82) is 0 Å². The fourth-order valence-corrected chi connectivity index (χ4v) is 4.22. The quantitative estimate of drug-likeness (QED) is 0.852. The van der Waals surface area contributed by atoms with Gasteiger partial charge in [-0.05, 0) is 50.0 Å². The lowest BCUT2D eigenvalue weighted by Gasteiger charge is -2.44. The molecule has 4 rings (SSSR count). The van der Waals surface area contributed by atoms with Crippen molar-refractivity contribution in [1.82, 2.24) is 4.90 Å². The van der Waals surface area contributed by atoms with Crippen molar-refractivity contribution >= 4 is 11.8 Å². The highest BCUT2D eigenvalue weighted by Crippen LogP contribution is 2.38. The van der Waals surface area contributed by atoms with Crippen molar-refractivity contribution in [2.75, 3.05) is 19.6 Å². The largest absolute Gasteiger partial charge is 0.508 e. The number of aromatic hydroxyl groups is 1. The van der Waals surface area contributed by atoms with Gasteiger partial charge in [0.05, 0.1) is 0 Å². The summed E-state index contributed by atoms with van der Waals surface area (Å²) in [6, 6.07) is 7.64. The zero-order chi connectivity index (χ0) is 11.0. The molecule has 0 saturated carbocycles. The molecule has 2 nitrogen and oxygen atoms in total. The van der Waals surface area contributed by atoms with Gasteiger partial charge in [-0.2, -0.15) is 0 Å². The topological polar surface area (TPSA) is 23.5 Å². The molecule has 16 heavy (non-hydrogen) atoms. The Labute approximate surface area is 101 Å². The van der Waals surface area contributed by atoms with Crippen molar-refractivity contribution in [2.24, 2.45) is 5.92 Å². The number of thioether (sulfide) groups is 1. The molecule has 0 unspecified atom stereocenters. The molecule has 1 aromatic rings. The van der Waals surface area contributed by atoms with Crippen molar-refractivity contribution in [2.45, 2.75) is 23.0 Å². The Morgan fingerprint density at radius 1 is 1.25 bits per heavy atom. The van der Waals surface area contributed by atoms with E-state index in [2.05, 4.69) is 11.0 Å². The summed E-state index contributed by atoms with van der Waals surface area (Å²) in [7, 11) is 0. The highest BCUT2D eigenvalue weighted by molar-refractivity contribution is 8.00. The van der Waals surface area contributed by atoms with Gasteiger partial charge in [-0.3, -0.25) is 0 Å².